The molecule has 2 heterocycles. The summed E-state index contributed by atoms with van der Waals surface area (Å²) >= 11 is 0. The summed E-state index contributed by atoms with van der Waals surface area (Å²) in [5.74, 6) is -0.669. The highest BCUT2D eigenvalue weighted by molar-refractivity contribution is 5.95. The highest BCUT2D eigenvalue weighted by Gasteiger charge is 2.24. The Morgan fingerprint density at radius 3 is 2.76 bits per heavy atom. The fourth-order valence-electron chi connectivity index (χ4n) is 1.64. The first-order valence-corrected chi connectivity index (χ1v) is 5.27. The van der Waals surface area contributed by atoms with E-state index in [0.717, 1.165) is 5.69 Å². The molecule has 0 bridgehead atoms. The lowest BCUT2D eigenvalue weighted by Gasteiger charge is -1.94. The summed E-state index contributed by atoms with van der Waals surface area (Å²) in [6.07, 6.45) is 0.487. The summed E-state index contributed by atoms with van der Waals surface area (Å²) in [7, 11) is 1.79. The van der Waals surface area contributed by atoms with Crippen molar-refractivity contribution in [1.29, 1.82) is 0 Å². The van der Waals surface area contributed by atoms with E-state index in [1.54, 1.807) is 17.8 Å². The Morgan fingerprint density at radius 2 is 2.29 bits per heavy atom. The maximum absolute atomic E-state index is 11.2. The van der Waals surface area contributed by atoms with E-state index in [9.17, 15) is 4.79 Å². The average Bonchev–Trinajstić information content (AvgIpc) is 2.83. The molecule has 0 aliphatic rings. The second-order valence-electron chi connectivity index (χ2n) is 3.78. The number of rotatable bonds is 3. The molecule has 0 unspecified atom stereocenters. The van der Waals surface area contributed by atoms with Gasteiger partial charge in [-0.15, -0.1) is 0 Å². The second-order valence-corrected chi connectivity index (χ2v) is 3.78. The maximum Gasteiger partial charge on any atom is 0.341 e. The van der Waals surface area contributed by atoms with Gasteiger partial charge in [-0.1, -0.05) is 12.1 Å². The molecule has 0 radical (unpaired) electrons. The van der Waals surface area contributed by atoms with Crippen LogP contribution in [0.5, 0.6) is 0 Å². The molecule has 2 rings (SSSR count). The molecule has 90 valence electrons. The molecule has 0 aliphatic carbocycles. The fourth-order valence-corrected chi connectivity index (χ4v) is 1.64. The maximum atomic E-state index is 11.2. The first kappa shape index (κ1) is 11.4. The van der Waals surface area contributed by atoms with Gasteiger partial charge in [0.25, 0.3) is 0 Å². The molecule has 6 heteroatoms. The predicted molar refractivity (Wildman–Crippen MR) is 59.8 cm³/mol. The van der Waals surface area contributed by atoms with Crippen LogP contribution in [-0.4, -0.2) is 26.0 Å². The van der Waals surface area contributed by atoms with Gasteiger partial charge in [-0.2, -0.15) is 5.10 Å². The van der Waals surface area contributed by atoms with E-state index in [1.165, 1.54) is 0 Å². The van der Waals surface area contributed by atoms with Gasteiger partial charge in [-0.3, -0.25) is 4.68 Å². The predicted octanol–water partition coefficient (Wildman–Crippen LogP) is 1.64. The minimum atomic E-state index is -1.04. The van der Waals surface area contributed by atoms with Crippen LogP contribution >= 0.6 is 0 Å². The number of aromatic nitrogens is 3. The quantitative estimate of drug-likeness (QED) is 0.874. The molecular weight excluding hydrogens is 222 g/mol. The summed E-state index contributed by atoms with van der Waals surface area (Å²) in [5.41, 5.74) is 1.84. The zero-order chi connectivity index (χ0) is 12.6. The van der Waals surface area contributed by atoms with E-state index >= 15 is 0 Å². The standard InChI is InChI=1S/C11H13N3O3/c1-4-8-9(11(15)16)10(13-17-8)7-5-6(2)14(3)12-7/h5H,4H2,1-3H3,(H,15,16). The van der Waals surface area contributed by atoms with Crippen molar-refractivity contribution in [2.24, 2.45) is 7.05 Å². The minimum Gasteiger partial charge on any atom is -0.477 e. The molecule has 2 aromatic rings. The Morgan fingerprint density at radius 1 is 1.59 bits per heavy atom. The monoisotopic (exact) mass is 235 g/mol. The topological polar surface area (TPSA) is 81.2 Å². The number of hydrogen-bond acceptors (Lipinski definition) is 4. The van der Waals surface area contributed by atoms with Crippen LogP contribution in [0.25, 0.3) is 11.4 Å². The molecule has 0 aliphatic heterocycles. The Balaban J connectivity index is 2.59. The molecule has 0 saturated heterocycles. The molecule has 17 heavy (non-hydrogen) atoms. The van der Waals surface area contributed by atoms with Gasteiger partial charge >= 0.3 is 5.97 Å². The van der Waals surface area contributed by atoms with Crippen molar-refractivity contribution in [1.82, 2.24) is 14.9 Å². The van der Waals surface area contributed by atoms with E-state index in [-0.39, 0.29) is 11.3 Å². The van der Waals surface area contributed by atoms with Crippen molar-refractivity contribution in [3.63, 3.8) is 0 Å². The van der Waals surface area contributed by atoms with Crippen molar-refractivity contribution < 1.29 is 14.4 Å². The minimum absolute atomic E-state index is 0.102. The first-order chi connectivity index (χ1) is 8.04. The third-order valence-electron chi connectivity index (χ3n) is 2.65. The molecule has 0 amide bonds. The van der Waals surface area contributed by atoms with Crippen LogP contribution < -0.4 is 0 Å². The Bertz CT molecular complexity index is 549. The molecule has 6 nitrogen and oxygen atoms in total. The molecule has 1 N–H and O–H groups in total. The number of nitrogens with zero attached hydrogens (tertiary/aromatic N) is 3. The van der Waals surface area contributed by atoms with E-state index in [1.807, 2.05) is 13.8 Å². The third kappa shape index (κ3) is 1.82. The van der Waals surface area contributed by atoms with E-state index < -0.39 is 5.97 Å². The number of carboxylic acids is 1. The highest BCUT2D eigenvalue weighted by atomic mass is 16.5. The lowest BCUT2D eigenvalue weighted by atomic mass is 10.1. The van der Waals surface area contributed by atoms with Crippen molar-refractivity contribution >= 4 is 5.97 Å². The van der Waals surface area contributed by atoms with Gasteiger partial charge in [0.15, 0.2) is 5.76 Å². The molecule has 0 spiro atoms. The van der Waals surface area contributed by atoms with Crippen LogP contribution in [0.1, 0.15) is 28.7 Å². The smallest absolute Gasteiger partial charge is 0.341 e. The summed E-state index contributed by atoms with van der Waals surface area (Å²) in [4.78, 5) is 11.2. The number of hydrogen-bond donors (Lipinski definition) is 1. The molecule has 2 aromatic heterocycles. The average molecular weight is 235 g/mol. The Hall–Kier alpha value is -2.11. The van der Waals surface area contributed by atoms with Crippen LogP contribution in [0.15, 0.2) is 10.6 Å². The highest BCUT2D eigenvalue weighted by Crippen LogP contribution is 2.25. The molecule has 0 fully saturated rings. The van der Waals surface area contributed by atoms with E-state index in [0.29, 0.717) is 17.9 Å². The van der Waals surface area contributed by atoms with Gasteiger partial charge in [0.05, 0.1) is 0 Å². The Labute approximate surface area is 97.8 Å². The SMILES string of the molecule is CCc1onc(-c2cc(C)n(C)n2)c1C(=O)O. The zero-order valence-electron chi connectivity index (χ0n) is 9.89. The largest absolute Gasteiger partial charge is 0.477 e. The van der Waals surface area contributed by atoms with Gasteiger partial charge < -0.3 is 9.63 Å². The molecular formula is C11H13N3O3. The summed E-state index contributed by atoms with van der Waals surface area (Å²) in [5, 5.41) is 17.2. The lowest BCUT2D eigenvalue weighted by molar-refractivity contribution is 0.0695. The second kappa shape index (κ2) is 4.04. The summed E-state index contributed by atoms with van der Waals surface area (Å²) in [6.45, 7) is 3.71. The van der Waals surface area contributed by atoms with Crippen molar-refractivity contribution in [3.05, 3.63) is 23.1 Å². The van der Waals surface area contributed by atoms with Gasteiger partial charge in [-0.05, 0) is 13.0 Å². The van der Waals surface area contributed by atoms with E-state index in [2.05, 4.69) is 10.3 Å². The van der Waals surface area contributed by atoms with Crippen LogP contribution in [0.2, 0.25) is 0 Å². The van der Waals surface area contributed by atoms with Crippen molar-refractivity contribution in [2.45, 2.75) is 20.3 Å². The van der Waals surface area contributed by atoms with Crippen LogP contribution in [0.4, 0.5) is 0 Å². The van der Waals surface area contributed by atoms with Gasteiger partial charge in [0.1, 0.15) is 17.0 Å². The normalized spacial score (nSPS) is 10.8. The van der Waals surface area contributed by atoms with Crippen molar-refractivity contribution in [2.75, 3.05) is 0 Å². The first-order valence-electron chi connectivity index (χ1n) is 5.27. The molecule has 0 atom stereocenters. The van der Waals surface area contributed by atoms with Gasteiger partial charge in [0.2, 0.25) is 0 Å². The van der Waals surface area contributed by atoms with Gasteiger partial charge in [0, 0.05) is 19.2 Å². The number of carbonyl (C=O) groups is 1. The van der Waals surface area contributed by atoms with Crippen LogP contribution in [0, 0.1) is 6.92 Å². The fraction of sp³-hybridized carbons (Fsp3) is 0.364. The third-order valence-corrected chi connectivity index (χ3v) is 2.65. The van der Waals surface area contributed by atoms with Gasteiger partial charge in [-0.25, -0.2) is 4.79 Å². The molecule has 0 aromatic carbocycles. The van der Waals surface area contributed by atoms with Crippen LogP contribution in [-0.2, 0) is 13.5 Å². The zero-order valence-corrected chi connectivity index (χ0v) is 9.89. The lowest BCUT2D eigenvalue weighted by Crippen LogP contribution is -2.01. The number of aromatic carboxylic acids is 1. The number of aryl methyl sites for hydroxylation is 3. The number of carboxylic acid groups (broad SMARTS) is 1. The van der Waals surface area contributed by atoms with Crippen LogP contribution in [0.3, 0.4) is 0 Å². The summed E-state index contributed by atoms with van der Waals surface area (Å²) in [6, 6.07) is 1.78. The molecule has 0 saturated carbocycles. The summed E-state index contributed by atoms with van der Waals surface area (Å²) < 4.78 is 6.70. The van der Waals surface area contributed by atoms with Crippen molar-refractivity contribution in [3.8, 4) is 11.4 Å². The Kier molecular flexibility index (Phi) is 2.71. The van der Waals surface area contributed by atoms with E-state index in [4.69, 9.17) is 9.63 Å².